The van der Waals surface area contributed by atoms with Gasteiger partial charge in [-0.15, -0.1) is 0 Å². The highest BCUT2D eigenvalue weighted by Crippen LogP contribution is 2.42. The Hall–Kier alpha value is -2.54. The highest BCUT2D eigenvalue weighted by Gasteiger charge is 2.56. The molecule has 1 amide bonds. The van der Waals surface area contributed by atoms with E-state index in [-0.39, 0.29) is 11.8 Å². The number of likely N-dealkylation sites (tertiary alicyclic amines) is 1. The fraction of sp³-hybridized carbons (Fsp3) is 0.360. The predicted molar refractivity (Wildman–Crippen MR) is 122 cm³/mol. The summed E-state index contributed by atoms with van der Waals surface area (Å²) in [5.74, 6) is 0.0933. The zero-order valence-corrected chi connectivity index (χ0v) is 18.3. The largest absolute Gasteiger partial charge is 0.361 e. The van der Waals surface area contributed by atoms with Crippen LogP contribution >= 0.6 is 11.3 Å². The Morgan fingerprint density at radius 3 is 2.81 bits per heavy atom. The number of pyridine rings is 1. The van der Waals surface area contributed by atoms with Crippen molar-refractivity contribution in [2.75, 3.05) is 32.8 Å². The van der Waals surface area contributed by atoms with Crippen LogP contribution in [0.25, 0.3) is 0 Å². The lowest BCUT2D eigenvalue weighted by Crippen LogP contribution is -2.60. The van der Waals surface area contributed by atoms with E-state index in [1.165, 1.54) is 11.1 Å². The molecule has 4 heterocycles. The fourth-order valence-corrected chi connectivity index (χ4v) is 5.52. The van der Waals surface area contributed by atoms with Crippen LogP contribution < -0.4 is 0 Å². The summed E-state index contributed by atoms with van der Waals surface area (Å²) in [6.45, 7) is 4.19. The maximum absolute atomic E-state index is 13.8. The number of nitrogens with zero attached hydrogens (tertiary/aromatic N) is 3. The predicted octanol–water partition coefficient (Wildman–Crippen LogP) is 3.58. The molecule has 5 rings (SSSR count). The SMILES string of the molecule is O=C1N(Cc2ccsc2)CCO[C@@]12CN(CCc1ccccc1)C[C@H]2c1cccnc1. The lowest BCUT2D eigenvalue weighted by atomic mass is 9.83. The summed E-state index contributed by atoms with van der Waals surface area (Å²) in [5.41, 5.74) is 2.74. The normalized spacial score (nSPS) is 24.2. The number of thiophene rings is 1. The van der Waals surface area contributed by atoms with Gasteiger partial charge in [-0.1, -0.05) is 36.4 Å². The number of benzene rings is 1. The molecule has 160 valence electrons. The van der Waals surface area contributed by atoms with Gasteiger partial charge in [-0.25, -0.2) is 0 Å². The van der Waals surface area contributed by atoms with Crippen LogP contribution in [0, 0.1) is 0 Å². The van der Waals surface area contributed by atoms with Crippen LogP contribution in [0.2, 0.25) is 0 Å². The Morgan fingerprint density at radius 1 is 1.13 bits per heavy atom. The summed E-state index contributed by atoms with van der Waals surface area (Å²) in [6.07, 6.45) is 4.63. The zero-order chi connectivity index (χ0) is 21.1. The number of ether oxygens (including phenoxy) is 1. The Balaban J connectivity index is 1.40. The van der Waals surface area contributed by atoms with Crippen LogP contribution in [-0.4, -0.2) is 59.1 Å². The number of morpholine rings is 1. The Labute approximate surface area is 187 Å². The summed E-state index contributed by atoms with van der Waals surface area (Å²) < 4.78 is 6.38. The smallest absolute Gasteiger partial charge is 0.257 e. The van der Waals surface area contributed by atoms with Crippen molar-refractivity contribution < 1.29 is 9.53 Å². The third-order valence-electron chi connectivity index (χ3n) is 6.43. The topological polar surface area (TPSA) is 45.7 Å². The molecule has 5 nitrogen and oxygen atoms in total. The molecule has 2 saturated heterocycles. The first-order chi connectivity index (χ1) is 15.2. The third kappa shape index (κ3) is 4.15. The average Bonchev–Trinajstić information content (AvgIpc) is 3.45. The minimum absolute atomic E-state index is 0.0188. The van der Waals surface area contributed by atoms with Crippen molar-refractivity contribution in [1.29, 1.82) is 0 Å². The Kier molecular flexibility index (Phi) is 5.85. The first-order valence-corrected chi connectivity index (χ1v) is 11.8. The van der Waals surface area contributed by atoms with E-state index in [9.17, 15) is 4.79 Å². The standard InChI is InChI=1S/C25H27N3O2S/c29-24-25(30-13-12-28(24)16-21-9-14-31-18-21)19-27(11-8-20-5-2-1-3-6-20)17-23(25)22-7-4-10-26-15-22/h1-7,9-10,14-15,18,23H,8,11-13,16-17,19H2/t23-,25+/m0/s1. The summed E-state index contributed by atoms with van der Waals surface area (Å²) in [4.78, 5) is 22.5. The molecule has 2 aromatic heterocycles. The van der Waals surface area contributed by atoms with E-state index < -0.39 is 5.60 Å². The maximum atomic E-state index is 13.8. The van der Waals surface area contributed by atoms with Crippen molar-refractivity contribution in [3.8, 4) is 0 Å². The van der Waals surface area contributed by atoms with E-state index in [0.717, 1.165) is 25.1 Å². The van der Waals surface area contributed by atoms with Gasteiger partial charge in [-0.2, -0.15) is 11.3 Å². The molecule has 0 saturated carbocycles. The first kappa shape index (κ1) is 20.4. The van der Waals surface area contributed by atoms with Gasteiger partial charge >= 0.3 is 0 Å². The number of rotatable bonds is 6. The van der Waals surface area contributed by atoms with Crippen LogP contribution in [-0.2, 0) is 22.5 Å². The van der Waals surface area contributed by atoms with Gasteiger partial charge in [0, 0.05) is 51.0 Å². The van der Waals surface area contributed by atoms with Gasteiger partial charge in [-0.05, 0) is 46.0 Å². The van der Waals surface area contributed by atoms with Crippen molar-refractivity contribution in [3.05, 3.63) is 88.4 Å². The van der Waals surface area contributed by atoms with Crippen LogP contribution in [0.15, 0.2) is 71.7 Å². The molecule has 0 radical (unpaired) electrons. The van der Waals surface area contributed by atoms with Crippen molar-refractivity contribution >= 4 is 17.2 Å². The van der Waals surface area contributed by atoms with Gasteiger partial charge in [0.05, 0.1) is 6.61 Å². The molecule has 2 aliphatic heterocycles. The molecule has 3 aromatic rings. The molecule has 6 heteroatoms. The van der Waals surface area contributed by atoms with E-state index >= 15 is 0 Å². The fourth-order valence-electron chi connectivity index (χ4n) is 4.86. The second-order valence-electron chi connectivity index (χ2n) is 8.41. The van der Waals surface area contributed by atoms with E-state index in [1.54, 1.807) is 17.5 Å². The second-order valence-corrected chi connectivity index (χ2v) is 9.19. The number of carbonyl (C=O) groups excluding carboxylic acids is 1. The average molecular weight is 434 g/mol. The lowest BCUT2D eigenvalue weighted by Gasteiger charge is -2.42. The van der Waals surface area contributed by atoms with Crippen molar-refractivity contribution in [2.45, 2.75) is 24.5 Å². The molecular weight excluding hydrogens is 406 g/mol. The minimum Gasteiger partial charge on any atom is -0.361 e. The molecule has 1 spiro atoms. The number of amides is 1. The summed E-state index contributed by atoms with van der Waals surface area (Å²) in [5, 5.41) is 4.18. The molecule has 0 aliphatic carbocycles. The van der Waals surface area contributed by atoms with Crippen LogP contribution in [0.1, 0.15) is 22.6 Å². The minimum atomic E-state index is -0.839. The van der Waals surface area contributed by atoms with Gasteiger partial charge in [0.15, 0.2) is 5.60 Å². The van der Waals surface area contributed by atoms with Crippen molar-refractivity contribution in [1.82, 2.24) is 14.8 Å². The Bertz CT molecular complexity index is 996. The first-order valence-electron chi connectivity index (χ1n) is 10.9. The molecule has 0 N–H and O–H groups in total. The number of aromatic nitrogens is 1. The second kappa shape index (κ2) is 8.91. The van der Waals surface area contributed by atoms with Gasteiger partial charge in [0.25, 0.3) is 5.91 Å². The number of carbonyl (C=O) groups is 1. The molecule has 0 bridgehead atoms. The van der Waals surface area contributed by atoms with Crippen molar-refractivity contribution in [3.63, 3.8) is 0 Å². The van der Waals surface area contributed by atoms with E-state index in [4.69, 9.17) is 4.74 Å². The maximum Gasteiger partial charge on any atom is 0.257 e. The van der Waals surface area contributed by atoms with Gasteiger partial charge < -0.3 is 9.64 Å². The highest BCUT2D eigenvalue weighted by molar-refractivity contribution is 7.07. The quantitative estimate of drug-likeness (QED) is 0.596. The van der Waals surface area contributed by atoms with Crippen LogP contribution in [0.4, 0.5) is 0 Å². The van der Waals surface area contributed by atoms with E-state index in [1.807, 2.05) is 23.2 Å². The van der Waals surface area contributed by atoms with Crippen molar-refractivity contribution in [2.24, 2.45) is 0 Å². The van der Waals surface area contributed by atoms with Crippen LogP contribution in [0.5, 0.6) is 0 Å². The highest BCUT2D eigenvalue weighted by atomic mass is 32.1. The molecule has 0 unspecified atom stereocenters. The van der Waals surface area contributed by atoms with Gasteiger partial charge in [0.2, 0.25) is 0 Å². The monoisotopic (exact) mass is 433 g/mol. The molecule has 31 heavy (non-hydrogen) atoms. The third-order valence-corrected chi connectivity index (χ3v) is 7.16. The lowest BCUT2D eigenvalue weighted by molar-refractivity contribution is -0.173. The number of hydrogen-bond acceptors (Lipinski definition) is 5. The van der Waals surface area contributed by atoms with E-state index in [0.29, 0.717) is 26.2 Å². The zero-order valence-electron chi connectivity index (χ0n) is 17.5. The Morgan fingerprint density at radius 2 is 2.03 bits per heavy atom. The van der Waals surface area contributed by atoms with Gasteiger partial charge in [0.1, 0.15) is 0 Å². The molecule has 2 aliphatic rings. The molecule has 2 atom stereocenters. The van der Waals surface area contributed by atoms with Gasteiger partial charge in [-0.3, -0.25) is 14.7 Å². The van der Waals surface area contributed by atoms with Crippen LogP contribution in [0.3, 0.4) is 0 Å². The molecule has 2 fully saturated rings. The summed E-state index contributed by atoms with van der Waals surface area (Å²) >= 11 is 1.67. The summed E-state index contributed by atoms with van der Waals surface area (Å²) in [6, 6.07) is 16.7. The number of hydrogen-bond donors (Lipinski definition) is 0. The summed E-state index contributed by atoms with van der Waals surface area (Å²) in [7, 11) is 0. The molecule has 1 aromatic carbocycles. The van der Waals surface area contributed by atoms with E-state index in [2.05, 4.69) is 57.0 Å². The molecular formula is C25H27N3O2S.